The number of primary amides is 1. The van der Waals surface area contributed by atoms with Gasteiger partial charge in [-0.3, -0.25) is 14.4 Å². The van der Waals surface area contributed by atoms with E-state index in [2.05, 4.69) is 19.9 Å². The molecule has 2 fully saturated rings. The largest absolute Gasteiger partial charge is 0.417 e. The van der Waals surface area contributed by atoms with E-state index in [9.17, 15) is 18.0 Å². The number of benzene rings is 1. The van der Waals surface area contributed by atoms with Crippen LogP contribution >= 0.6 is 11.6 Å². The van der Waals surface area contributed by atoms with Crippen molar-refractivity contribution in [2.24, 2.45) is 5.73 Å². The van der Waals surface area contributed by atoms with Gasteiger partial charge >= 0.3 is 12.2 Å². The molecule has 0 radical (unpaired) electrons. The molecule has 43 heavy (non-hydrogen) atoms. The number of nitrogen functional groups attached to an aromatic ring is 1. The van der Waals surface area contributed by atoms with Gasteiger partial charge in [0, 0.05) is 31.4 Å². The van der Waals surface area contributed by atoms with E-state index in [0.29, 0.717) is 30.7 Å². The van der Waals surface area contributed by atoms with Gasteiger partial charge in [-0.15, -0.1) is 0 Å². The Morgan fingerprint density at radius 2 is 1.88 bits per heavy atom. The molecule has 2 aromatic heterocycles. The highest BCUT2D eigenvalue weighted by atomic mass is 35.5. The second-order valence-corrected chi connectivity index (χ2v) is 11.7. The maximum absolute atomic E-state index is 13.4. The first-order chi connectivity index (χ1) is 20.2. The van der Waals surface area contributed by atoms with E-state index in [4.69, 9.17) is 37.3 Å². The molecule has 12 nitrogen and oxygen atoms in total. The van der Waals surface area contributed by atoms with Crippen molar-refractivity contribution in [2.45, 2.75) is 76.7 Å². The number of carbonyl (C=O) groups excluding carboxylic acids is 1. The molecule has 2 amide bonds. The molecule has 4 heterocycles. The van der Waals surface area contributed by atoms with E-state index >= 15 is 0 Å². The molecule has 2 aliphatic rings. The number of urea groups is 1. The van der Waals surface area contributed by atoms with Crippen LogP contribution in [-0.2, 0) is 20.4 Å². The van der Waals surface area contributed by atoms with E-state index in [1.54, 1.807) is 10.9 Å². The molecule has 0 bridgehead atoms. The highest BCUT2D eigenvalue weighted by molar-refractivity contribution is 6.31. The maximum atomic E-state index is 13.4. The van der Waals surface area contributed by atoms with Gasteiger partial charge < -0.3 is 25.7 Å². The number of nitrogens with zero attached hydrogens (tertiary/aromatic N) is 6. The van der Waals surface area contributed by atoms with Crippen LogP contribution in [0.2, 0.25) is 5.02 Å². The van der Waals surface area contributed by atoms with E-state index < -0.39 is 53.1 Å². The lowest BCUT2D eigenvalue weighted by Crippen LogP contribution is -2.44. The number of imidazole rings is 1. The zero-order valence-electron chi connectivity index (χ0n) is 24.1. The lowest BCUT2D eigenvalue weighted by atomic mass is 10.1. The van der Waals surface area contributed by atoms with Crippen LogP contribution in [0.4, 0.5) is 29.5 Å². The van der Waals surface area contributed by atoms with Crippen LogP contribution in [0, 0.1) is 0 Å². The van der Waals surface area contributed by atoms with Crippen molar-refractivity contribution in [3.05, 3.63) is 41.4 Å². The Morgan fingerprint density at radius 1 is 1.16 bits per heavy atom. The number of aromatic nitrogens is 4. The topological polar surface area (TPSA) is 147 Å². The predicted molar refractivity (Wildman–Crippen MR) is 152 cm³/mol. The SMILES string of the molecule is CC(C)N(CCCN(C(N)=O)c1ccc(Cl)c(C(F)(F)F)c1)C[C@H]1O[C@@H](n2cnc3c(N)ncnc32)[C@@H]2OC(C)(C)O[C@@H]21. The zero-order chi connectivity index (χ0) is 31.3. The first kappa shape index (κ1) is 31.2. The summed E-state index contributed by atoms with van der Waals surface area (Å²) in [4.78, 5) is 28.2. The minimum atomic E-state index is -4.68. The second-order valence-electron chi connectivity index (χ2n) is 11.3. The molecule has 0 spiro atoms. The number of carbonyl (C=O) groups is 1. The smallest absolute Gasteiger partial charge is 0.382 e. The molecular weight excluding hydrogens is 593 g/mol. The Labute approximate surface area is 251 Å². The van der Waals surface area contributed by atoms with Gasteiger partial charge in [0.1, 0.15) is 30.2 Å². The van der Waals surface area contributed by atoms with Gasteiger partial charge in [0.05, 0.1) is 16.9 Å². The van der Waals surface area contributed by atoms with Crippen LogP contribution in [0.25, 0.3) is 11.2 Å². The van der Waals surface area contributed by atoms with E-state index in [0.717, 1.165) is 17.0 Å². The Bertz CT molecular complexity index is 1490. The fourth-order valence-corrected chi connectivity index (χ4v) is 5.80. The average Bonchev–Trinajstić information content (AvgIpc) is 3.57. The number of rotatable bonds is 9. The minimum Gasteiger partial charge on any atom is -0.382 e. The summed E-state index contributed by atoms with van der Waals surface area (Å²) in [5.41, 5.74) is 11.5. The van der Waals surface area contributed by atoms with Crippen molar-refractivity contribution in [3.8, 4) is 0 Å². The van der Waals surface area contributed by atoms with E-state index in [-0.39, 0.29) is 24.1 Å². The van der Waals surface area contributed by atoms with Crippen molar-refractivity contribution in [3.63, 3.8) is 0 Å². The molecule has 0 saturated carbocycles. The Balaban J connectivity index is 1.31. The lowest BCUT2D eigenvalue weighted by molar-refractivity contribution is -0.198. The van der Waals surface area contributed by atoms with Gasteiger partial charge in [0.2, 0.25) is 0 Å². The van der Waals surface area contributed by atoms with Crippen LogP contribution in [0.5, 0.6) is 0 Å². The molecule has 2 aliphatic heterocycles. The third-order valence-electron chi connectivity index (χ3n) is 7.59. The summed E-state index contributed by atoms with van der Waals surface area (Å²) >= 11 is 5.75. The van der Waals surface area contributed by atoms with Gasteiger partial charge in [-0.25, -0.2) is 19.7 Å². The highest BCUT2D eigenvalue weighted by Crippen LogP contribution is 2.44. The van der Waals surface area contributed by atoms with Gasteiger partial charge in [-0.1, -0.05) is 11.6 Å². The number of nitrogens with two attached hydrogens (primary N) is 2. The van der Waals surface area contributed by atoms with Crippen LogP contribution in [0.3, 0.4) is 0 Å². The molecule has 16 heteroatoms. The van der Waals surface area contributed by atoms with Gasteiger partial charge in [0.25, 0.3) is 0 Å². The molecule has 4 atom stereocenters. The molecule has 0 unspecified atom stereocenters. The standard InChI is InChI=1S/C27H34ClF3N8O4/c1-14(2)37(8-5-9-38(25(33)40)15-6-7-17(28)16(10-15)27(29,30)31)11-18-20-21(43-26(3,4)42-20)24(41-18)39-13-36-19-22(32)34-12-35-23(19)39/h6-7,10,12-14,18,20-21,24H,5,8-9,11H2,1-4H3,(H2,33,40)(H2,32,34,35)/t18-,20-,21-,24-/m1/s1. The first-order valence-electron chi connectivity index (χ1n) is 13.8. The molecule has 4 N–H and O–H groups in total. The van der Waals surface area contributed by atoms with Gasteiger partial charge in [-0.2, -0.15) is 13.2 Å². The summed E-state index contributed by atoms with van der Waals surface area (Å²) < 4.78 is 61.0. The fraction of sp³-hybridized carbons (Fsp3) is 0.556. The monoisotopic (exact) mass is 626 g/mol. The number of ether oxygens (including phenoxy) is 3. The number of hydrogen-bond donors (Lipinski definition) is 2. The Kier molecular flexibility index (Phi) is 8.48. The molecule has 3 aromatic rings. The number of fused-ring (bicyclic) bond motifs is 2. The van der Waals surface area contributed by atoms with Crippen LogP contribution in [0.15, 0.2) is 30.9 Å². The summed E-state index contributed by atoms with van der Waals surface area (Å²) in [7, 11) is 0. The van der Waals surface area contributed by atoms with Crippen molar-refractivity contribution < 1.29 is 32.2 Å². The zero-order valence-corrected chi connectivity index (χ0v) is 24.8. The average molecular weight is 627 g/mol. The Hall–Kier alpha value is -3.24. The third-order valence-corrected chi connectivity index (χ3v) is 7.92. The number of hydrogen-bond acceptors (Lipinski definition) is 9. The number of alkyl halides is 3. The molecule has 0 aliphatic carbocycles. The summed E-state index contributed by atoms with van der Waals surface area (Å²) in [5, 5.41) is -0.458. The predicted octanol–water partition coefficient (Wildman–Crippen LogP) is 4.18. The van der Waals surface area contributed by atoms with Crippen LogP contribution in [0.1, 0.15) is 45.9 Å². The summed E-state index contributed by atoms with van der Waals surface area (Å²) in [6.45, 7) is 8.75. The van der Waals surface area contributed by atoms with Crippen molar-refractivity contribution >= 4 is 40.3 Å². The van der Waals surface area contributed by atoms with Crippen molar-refractivity contribution in [2.75, 3.05) is 30.3 Å². The van der Waals surface area contributed by atoms with E-state index in [1.807, 2.05) is 27.7 Å². The third kappa shape index (κ3) is 6.36. The van der Waals surface area contributed by atoms with Crippen molar-refractivity contribution in [1.29, 1.82) is 0 Å². The molecule has 2 saturated heterocycles. The molecule has 5 rings (SSSR count). The summed E-state index contributed by atoms with van der Waals surface area (Å²) in [6, 6.07) is 2.47. The van der Waals surface area contributed by atoms with Crippen LogP contribution < -0.4 is 16.4 Å². The second kappa shape index (κ2) is 11.7. The number of anilines is 2. The molecule has 1 aromatic carbocycles. The lowest BCUT2D eigenvalue weighted by Gasteiger charge is -2.32. The van der Waals surface area contributed by atoms with Gasteiger partial charge in [-0.05, 0) is 52.3 Å². The van der Waals surface area contributed by atoms with Crippen LogP contribution in [-0.4, -0.2) is 80.2 Å². The maximum Gasteiger partial charge on any atom is 0.417 e. The van der Waals surface area contributed by atoms with E-state index in [1.165, 1.54) is 12.4 Å². The van der Waals surface area contributed by atoms with Crippen molar-refractivity contribution in [1.82, 2.24) is 24.4 Å². The summed E-state index contributed by atoms with van der Waals surface area (Å²) in [6.07, 6.45) is -3.17. The fourth-order valence-electron chi connectivity index (χ4n) is 5.57. The number of halogens is 4. The van der Waals surface area contributed by atoms with Gasteiger partial charge in [0.15, 0.2) is 23.5 Å². The number of amides is 2. The minimum absolute atomic E-state index is 0.0147. The quantitative estimate of drug-likeness (QED) is 0.357. The Morgan fingerprint density at radius 3 is 2.56 bits per heavy atom. The first-order valence-corrected chi connectivity index (χ1v) is 14.2. The summed E-state index contributed by atoms with van der Waals surface area (Å²) in [5.74, 6) is -0.596. The normalized spacial score (nSPS) is 23.4. The highest BCUT2D eigenvalue weighted by Gasteiger charge is 2.56. The molecule has 234 valence electrons. The molecular formula is C27H34ClF3N8O4.